The van der Waals surface area contributed by atoms with Crippen LogP contribution in [-0.4, -0.2) is 78.3 Å². The van der Waals surface area contributed by atoms with Gasteiger partial charge in [0.2, 0.25) is 0 Å². The molecule has 0 unspecified atom stereocenters. The SMILES string of the molecule is O=C1NC2(CO1)CN(C(=O)N1CCN(c3ccc(C(F)(F)F)cn3)CC1)C2. The summed E-state index contributed by atoms with van der Waals surface area (Å²) in [4.78, 5) is 32.8. The average molecular weight is 385 g/mol. The highest BCUT2D eigenvalue weighted by atomic mass is 19.4. The number of piperazine rings is 1. The molecule has 1 aromatic heterocycles. The highest BCUT2D eigenvalue weighted by Crippen LogP contribution is 2.30. The van der Waals surface area contributed by atoms with Crippen molar-refractivity contribution in [1.29, 1.82) is 0 Å². The lowest BCUT2D eigenvalue weighted by atomic mass is 9.92. The molecule has 3 fully saturated rings. The first-order valence-corrected chi connectivity index (χ1v) is 8.53. The number of pyridine rings is 1. The van der Waals surface area contributed by atoms with Gasteiger partial charge in [-0.25, -0.2) is 14.6 Å². The smallest absolute Gasteiger partial charge is 0.417 e. The molecular weight excluding hydrogens is 367 g/mol. The van der Waals surface area contributed by atoms with E-state index in [1.165, 1.54) is 6.07 Å². The summed E-state index contributed by atoms with van der Waals surface area (Å²) in [5.41, 5.74) is -1.24. The number of carbonyl (C=O) groups is 2. The normalized spacial score (nSPS) is 21.7. The van der Waals surface area contributed by atoms with Crippen molar-refractivity contribution < 1.29 is 27.5 Å². The first-order chi connectivity index (χ1) is 12.8. The second-order valence-electron chi connectivity index (χ2n) is 7.00. The Balaban J connectivity index is 1.29. The molecule has 146 valence electrons. The van der Waals surface area contributed by atoms with Gasteiger partial charge in [-0.2, -0.15) is 13.2 Å². The van der Waals surface area contributed by atoms with Gasteiger partial charge in [0, 0.05) is 32.4 Å². The zero-order chi connectivity index (χ0) is 19.2. The van der Waals surface area contributed by atoms with Gasteiger partial charge in [0.05, 0.1) is 18.7 Å². The van der Waals surface area contributed by atoms with Crippen LogP contribution < -0.4 is 10.2 Å². The number of anilines is 1. The standard InChI is InChI=1S/C16H18F3N5O3/c17-16(18,19)11-1-2-12(20-7-11)22-3-5-23(6-4-22)14(26)24-8-15(9-24)10-27-13(25)21-15/h1-2,7H,3-6,8-10H2,(H,21,25). The fourth-order valence-electron chi connectivity index (χ4n) is 3.55. The quantitative estimate of drug-likeness (QED) is 0.785. The van der Waals surface area contributed by atoms with E-state index in [9.17, 15) is 22.8 Å². The highest BCUT2D eigenvalue weighted by molar-refractivity contribution is 5.78. The first kappa shape index (κ1) is 17.7. The van der Waals surface area contributed by atoms with Crippen molar-refractivity contribution in [2.24, 2.45) is 0 Å². The van der Waals surface area contributed by atoms with Crippen LogP contribution in [0.3, 0.4) is 0 Å². The van der Waals surface area contributed by atoms with Gasteiger partial charge in [-0.3, -0.25) is 0 Å². The monoisotopic (exact) mass is 385 g/mol. The van der Waals surface area contributed by atoms with Crippen LogP contribution in [0, 0.1) is 0 Å². The Labute approximate surface area is 152 Å². The molecule has 0 atom stereocenters. The van der Waals surface area contributed by atoms with E-state index in [1.807, 2.05) is 4.90 Å². The van der Waals surface area contributed by atoms with E-state index in [-0.39, 0.29) is 12.6 Å². The lowest BCUT2D eigenvalue weighted by Gasteiger charge is -2.48. The minimum atomic E-state index is -4.41. The van der Waals surface area contributed by atoms with Gasteiger partial charge in [-0.05, 0) is 12.1 Å². The third-order valence-corrected chi connectivity index (χ3v) is 5.05. The second-order valence-corrected chi connectivity index (χ2v) is 7.00. The van der Waals surface area contributed by atoms with Crippen molar-refractivity contribution in [1.82, 2.24) is 20.1 Å². The number of nitrogens with zero attached hydrogens (tertiary/aromatic N) is 4. The van der Waals surface area contributed by atoms with E-state index in [2.05, 4.69) is 10.3 Å². The Morgan fingerprint density at radius 3 is 2.37 bits per heavy atom. The van der Waals surface area contributed by atoms with Crippen LogP contribution in [0.25, 0.3) is 0 Å². The fraction of sp³-hybridized carbons (Fsp3) is 0.562. The molecule has 0 radical (unpaired) electrons. The van der Waals surface area contributed by atoms with Crippen LogP contribution in [0.15, 0.2) is 18.3 Å². The van der Waals surface area contributed by atoms with Gasteiger partial charge in [0.15, 0.2) is 0 Å². The van der Waals surface area contributed by atoms with Crippen molar-refractivity contribution in [3.8, 4) is 0 Å². The zero-order valence-electron chi connectivity index (χ0n) is 14.3. The summed E-state index contributed by atoms with van der Waals surface area (Å²) in [6.45, 7) is 2.98. The summed E-state index contributed by atoms with van der Waals surface area (Å²) in [7, 11) is 0. The van der Waals surface area contributed by atoms with Crippen LogP contribution in [0.5, 0.6) is 0 Å². The van der Waals surface area contributed by atoms with Crippen molar-refractivity contribution >= 4 is 17.9 Å². The van der Waals surface area contributed by atoms with Crippen molar-refractivity contribution in [2.75, 3.05) is 50.8 Å². The molecule has 4 heterocycles. The number of rotatable bonds is 1. The van der Waals surface area contributed by atoms with Gasteiger partial charge in [0.1, 0.15) is 18.0 Å². The van der Waals surface area contributed by atoms with Crippen LogP contribution in [-0.2, 0) is 10.9 Å². The third-order valence-electron chi connectivity index (χ3n) is 5.05. The second kappa shape index (κ2) is 6.17. The molecular formula is C16H18F3N5O3. The first-order valence-electron chi connectivity index (χ1n) is 8.53. The van der Waals surface area contributed by atoms with Crippen LogP contribution >= 0.6 is 0 Å². The molecule has 8 nitrogen and oxygen atoms in total. The van der Waals surface area contributed by atoms with Crippen LogP contribution in [0.2, 0.25) is 0 Å². The highest BCUT2D eigenvalue weighted by Gasteiger charge is 2.52. The van der Waals surface area contributed by atoms with Gasteiger partial charge in [-0.15, -0.1) is 0 Å². The van der Waals surface area contributed by atoms with E-state index < -0.39 is 23.4 Å². The van der Waals surface area contributed by atoms with E-state index in [0.29, 0.717) is 45.1 Å². The minimum absolute atomic E-state index is 0.109. The Bertz CT molecular complexity index is 741. The van der Waals surface area contributed by atoms with Gasteiger partial charge < -0.3 is 24.8 Å². The number of cyclic esters (lactones) is 1. The number of halogens is 3. The molecule has 0 aromatic carbocycles. The predicted molar refractivity (Wildman–Crippen MR) is 87.2 cm³/mol. The van der Waals surface area contributed by atoms with Gasteiger partial charge >= 0.3 is 18.3 Å². The lowest BCUT2D eigenvalue weighted by Crippen LogP contribution is -2.72. The number of nitrogens with one attached hydrogen (secondary N) is 1. The number of hydrogen-bond acceptors (Lipinski definition) is 5. The fourth-order valence-corrected chi connectivity index (χ4v) is 3.55. The Morgan fingerprint density at radius 1 is 1.15 bits per heavy atom. The number of likely N-dealkylation sites (tertiary alicyclic amines) is 1. The number of aromatic nitrogens is 1. The summed E-state index contributed by atoms with van der Waals surface area (Å²) in [5.74, 6) is 0.462. The zero-order valence-corrected chi connectivity index (χ0v) is 14.3. The lowest BCUT2D eigenvalue weighted by molar-refractivity contribution is -0.137. The van der Waals surface area contributed by atoms with Crippen LogP contribution in [0.1, 0.15) is 5.56 Å². The summed E-state index contributed by atoms with van der Waals surface area (Å²) >= 11 is 0. The number of hydrogen-bond donors (Lipinski definition) is 1. The molecule has 1 N–H and O–H groups in total. The molecule has 0 saturated carbocycles. The van der Waals surface area contributed by atoms with Crippen molar-refractivity contribution in [3.63, 3.8) is 0 Å². The molecule has 11 heteroatoms. The third kappa shape index (κ3) is 3.33. The minimum Gasteiger partial charge on any atom is -0.447 e. The summed E-state index contributed by atoms with van der Waals surface area (Å²) in [6, 6.07) is 2.25. The maximum Gasteiger partial charge on any atom is 0.417 e. The molecule has 3 amide bonds. The van der Waals surface area contributed by atoms with E-state index in [4.69, 9.17) is 4.74 Å². The predicted octanol–water partition coefficient (Wildman–Crippen LogP) is 1.14. The molecule has 3 saturated heterocycles. The van der Waals surface area contributed by atoms with Gasteiger partial charge in [0.25, 0.3) is 0 Å². The maximum absolute atomic E-state index is 12.6. The molecule has 3 aliphatic heterocycles. The Kier molecular flexibility index (Phi) is 4.04. The topological polar surface area (TPSA) is 78.0 Å². The molecule has 27 heavy (non-hydrogen) atoms. The summed E-state index contributed by atoms with van der Waals surface area (Å²) in [5, 5.41) is 2.73. The molecule has 0 bridgehead atoms. The van der Waals surface area contributed by atoms with Crippen LogP contribution in [0.4, 0.5) is 28.6 Å². The number of carbonyl (C=O) groups excluding carboxylic acids is 2. The molecule has 4 rings (SSSR count). The number of amides is 3. The molecule has 3 aliphatic rings. The van der Waals surface area contributed by atoms with Gasteiger partial charge in [-0.1, -0.05) is 0 Å². The van der Waals surface area contributed by atoms with Crippen molar-refractivity contribution in [3.05, 3.63) is 23.9 Å². The number of urea groups is 1. The summed E-state index contributed by atoms with van der Waals surface area (Å²) in [6.07, 6.45) is -4.04. The average Bonchev–Trinajstić information content (AvgIpc) is 3.02. The molecule has 1 aromatic rings. The van der Waals surface area contributed by atoms with E-state index >= 15 is 0 Å². The Morgan fingerprint density at radius 2 is 1.85 bits per heavy atom. The Hall–Kier alpha value is -2.72. The number of alkyl carbamates (subject to hydrolysis) is 1. The molecule has 1 spiro atoms. The van der Waals surface area contributed by atoms with Crippen molar-refractivity contribution in [2.45, 2.75) is 11.7 Å². The maximum atomic E-state index is 12.6. The number of alkyl halides is 3. The van der Waals surface area contributed by atoms with E-state index in [0.717, 1.165) is 12.3 Å². The molecule has 0 aliphatic carbocycles. The van der Waals surface area contributed by atoms with E-state index in [1.54, 1.807) is 9.80 Å². The summed E-state index contributed by atoms with van der Waals surface area (Å²) < 4.78 is 42.7. The number of ether oxygens (including phenoxy) is 1. The largest absolute Gasteiger partial charge is 0.447 e.